The largest absolute Gasteiger partial charge is 0.480 e. The lowest BCUT2D eigenvalue weighted by Crippen LogP contribution is -2.41. The Morgan fingerprint density at radius 2 is 2.12 bits per heavy atom. The van der Waals surface area contributed by atoms with Crippen molar-refractivity contribution >= 4 is 35.2 Å². The first-order valence-corrected chi connectivity index (χ1v) is 8.03. The fourth-order valence-electron chi connectivity index (χ4n) is 2.48. The van der Waals surface area contributed by atoms with Crippen molar-refractivity contribution in [1.29, 1.82) is 0 Å². The number of carboxylic acid groups (broad SMARTS) is 1. The Morgan fingerprint density at radius 1 is 1.42 bits per heavy atom. The van der Waals surface area contributed by atoms with E-state index >= 15 is 0 Å². The second-order valence-corrected chi connectivity index (χ2v) is 6.19. The summed E-state index contributed by atoms with van der Waals surface area (Å²) in [5.41, 5.74) is 4.78. The van der Waals surface area contributed by atoms with Gasteiger partial charge in [0.1, 0.15) is 6.04 Å². The van der Waals surface area contributed by atoms with Crippen LogP contribution < -0.4 is 5.73 Å². The second kappa shape index (κ2) is 7.30. The zero-order valence-corrected chi connectivity index (χ0v) is 13.3. The highest BCUT2D eigenvalue weighted by atomic mass is 32.2. The van der Waals surface area contributed by atoms with Crippen molar-refractivity contribution in [2.24, 2.45) is 5.73 Å². The average molecular weight is 353 g/mol. The Kier molecular flexibility index (Phi) is 5.39. The van der Waals surface area contributed by atoms with Crippen LogP contribution in [0.1, 0.15) is 23.2 Å². The molecule has 1 atom stereocenters. The zero-order valence-electron chi connectivity index (χ0n) is 12.5. The number of primary amides is 1. The quantitative estimate of drug-likeness (QED) is 0.438. The van der Waals surface area contributed by atoms with Crippen LogP contribution in [0, 0.1) is 10.1 Å². The lowest BCUT2D eigenvalue weighted by molar-refractivity contribution is -0.387. The second-order valence-electron chi connectivity index (χ2n) is 5.18. The molecule has 2 rings (SSSR count). The monoisotopic (exact) mass is 353 g/mol. The van der Waals surface area contributed by atoms with Crippen LogP contribution in [-0.4, -0.2) is 51.1 Å². The number of nitro groups is 1. The lowest BCUT2D eigenvalue weighted by atomic mass is 10.2. The minimum absolute atomic E-state index is 0.00265. The van der Waals surface area contributed by atoms with Crippen LogP contribution >= 0.6 is 11.8 Å². The Bertz CT molecular complexity index is 708. The van der Waals surface area contributed by atoms with Gasteiger partial charge in [-0.15, -0.1) is 11.8 Å². The molecule has 9 nitrogen and oxygen atoms in total. The zero-order chi connectivity index (χ0) is 17.9. The molecule has 0 saturated carbocycles. The van der Waals surface area contributed by atoms with Crippen LogP contribution in [0.3, 0.4) is 0 Å². The van der Waals surface area contributed by atoms with Gasteiger partial charge >= 0.3 is 5.97 Å². The summed E-state index contributed by atoms with van der Waals surface area (Å²) in [6.45, 7) is 0.360. The Labute approximate surface area is 140 Å². The number of nitrogens with two attached hydrogens (primary N) is 1. The van der Waals surface area contributed by atoms with Gasteiger partial charge in [0.15, 0.2) is 0 Å². The van der Waals surface area contributed by atoms with Gasteiger partial charge in [-0.2, -0.15) is 0 Å². The van der Waals surface area contributed by atoms with Gasteiger partial charge in [0, 0.05) is 18.2 Å². The molecule has 1 aromatic carbocycles. The van der Waals surface area contributed by atoms with Gasteiger partial charge in [0.05, 0.1) is 15.6 Å². The number of likely N-dealkylation sites (tertiary alicyclic amines) is 1. The topological polar surface area (TPSA) is 144 Å². The molecule has 0 spiro atoms. The van der Waals surface area contributed by atoms with Crippen molar-refractivity contribution in [1.82, 2.24) is 4.90 Å². The smallest absolute Gasteiger partial charge is 0.326 e. The molecule has 1 fully saturated rings. The minimum Gasteiger partial charge on any atom is -0.480 e. The first-order chi connectivity index (χ1) is 11.3. The van der Waals surface area contributed by atoms with E-state index in [-0.39, 0.29) is 21.9 Å². The molecule has 2 amide bonds. The van der Waals surface area contributed by atoms with Crippen LogP contribution in [0.4, 0.5) is 5.69 Å². The van der Waals surface area contributed by atoms with Crippen molar-refractivity contribution in [3.8, 4) is 0 Å². The molecule has 1 aliphatic heterocycles. The molecule has 128 valence electrons. The van der Waals surface area contributed by atoms with E-state index in [4.69, 9.17) is 10.8 Å². The van der Waals surface area contributed by atoms with Crippen molar-refractivity contribution in [3.63, 3.8) is 0 Å². The van der Waals surface area contributed by atoms with E-state index in [2.05, 4.69) is 0 Å². The fraction of sp³-hybridized carbons (Fsp3) is 0.357. The predicted octanol–water partition coefficient (Wildman–Crippen LogP) is 0.861. The summed E-state index contributed by atoms with van der Waals surface area (Å²) in [6.07, 6.45) is 1.01. The Balaban J connectivity index is 2.11. The van der Waals surface area contributed by atoms with Gasteiger partial charge in [-0.3, -0.25) is 19.7 Å². The van der Waals surface area contributed by atoms with Crippen LogP contribution in [-0.2, 0) is 9.59 Å². The summed E-state index contributed by atoms with van der Waals surface area (Å²) in [4.78, 5) is 46.3. The summed E-state index contributed by atoms with van der Waals surface area (Å²) < 4.78 is 0. The molecular weight excluding hydrogens is 338 g/mol. The summed E-state index contributed by atoms with van der Waals surface area (Å²) >= 11 is 0.927. The van der Waals surface area contributed by atoms with E-state index in [1.165, 1.54) is 17.0 Å². The minimum atomic E-state index is -1.05. The number of nitro benzene ring substituents is 1. The van der Waals surface area contributed by atoms with Gasteiger partial charge < -0.3 is 15.7 Å². The van der Waals surface area contributed by atoms with Crippen LogP contribution in [0.2, 0.25) is 0 Å². The van der Waals surface area contributed by atoms with E-state index in [9.17, 15) is 24.5 Å². The first-order valence-electron chi connectivity index (χ1n) is 7.04. The van der Waals surface area contributed by atoms with E-state index in [0.717, 1.165) is 17.8 Å². The number of aliphatic carboxylic acids is 1. The molecule has 0 bridgehead atoms. The van der Waals surface area contributed by atoms with Crippen molar-refractivity contribution in [2.45, 2.75) is 23.8 Å². The molecule has 24 heavy (non-hydrogen) atoms. The molecular formula is C14H15N3O6S. The first kappa shape index (κ1) is 17.7. The van der Waals surface area contributed by atoms with Gasteiger partial charge in [0.25, 0.3) is 5.69 Å². The van der Waals surface area contributed by atoms with E-state index in [1.54, 1.807) is 0 Å². The third kappa shape index (κ3) is 3.82. The highest BCUT2D eigenvalue weighted by Gasteiger charge is 2.33. The third-order valence-electron chi connectivity index (χ3n) is 3.65. The third-order valence-corrected chi connectivity index (χ3v) is 4.70. The number of hydrogen-bond acceptors (Lipinski definition) is 6. The maximum absolute atomic E-state index is 12.2. The molecule has 0 aliphatic carbocycles. The Hall–Kier alpha value is -2.62. The van der Waals surface area contributed by atoms with Crippen molar-refractivity contribution in [3.05, 3.63) is 33.9 Å². The van der Waals surface area contributed by atoms with Crippen LogP contribution in [0.25, 0.3) is 0 Å². The van der Waals surface area contributed by atoms with Crippen molar-refractivity contribution in [2.75, 3.05) is 12.3 Å². The number of carbonyl (C=O) groups excluding carboxylic acids is 2. The van der Waals surface area contributed by atoms with Gasteiger partial charge in [0.2, 0.25) is 11.8 Å². The molecule has 0 aromatic heterocycles. The molecule has 1 saturated heterocycles. The van der Waals surface area contributed by atoms with Crippen LogP contribution in [0.15, 0.2) is 23.1 Å². The molecule has 0 unspecified atom stereocenters. The number of rotatable bonds is 6. The number of thioether (sulfide) groups is 1. The normalized spacial score (nSPS) is 16.8. The van der Waals surface area contributed by atoms with Gasteiger partial charge in [-0.1, -0.05) is 0 Å². The SMILES string of the molecule is NC(=O)c1ccc(SCC(=O)N2CCC[C@@H]2C(=O)O)c([N+](=O)[O-])c1. The van der Waals surface area contributed by atoms with E-state index < -0.39 is 28.7 Å². The van der Waals surface area contributed by atoms with Crippen LogP contribution in [0.5, 0.6) is 0 Å². The average Bonchev–Trinajstić information content (AvgIpc) is 3.02. The summed E-state index contributed by atoms with van der Waals surface area (Å²) in [7, 11) is 0. The standard InChI is InChI=1S/C14H15N3O6S/c15-13(19)8-3-4-11(10(6-8)17(22)23)24-7-12(18)16-5-1-2-9(16)14(20)21/h3-4,6,9H,1-2,5,7H2,(H2,15,19)(H,20,21)/t9-/m1/s1. The van der Waals surface area contributed by atoms with Crippen molar-refractivity contribution < 1.29 is 24.4 Å². The predicted molar refractivity (Wildman–Crippen MR) is 84.7 cm³/mol. The maximum atomic E-state index is 12.2. The number of amides is 2. The lowest BCUT2D eigenvalue weighted by Gasteiger charge is -2.21. The van der Waals surface area contributed by atoms with E-state index in [0.29, 0.717) is 19.4 Å². The fourth-order valence-corrected chi connectivity index (χ4v) is 3.37. The number of carbonyl (C=O) groups is 3. The highest BCUT2D eigenvalue weighted by Crippen LogP contribution is 2.31. The van der Waals surface area contributed by atoms with Gasteiger partial charge in [-0.05, 0) is 25.0 Å². The summed E-state index contributed by atoms with van der Waals surface area (Å²) in [6, 6.07) is 2.92. The number of benzene rings is 1. The maximum Gasteiger partial charge on any atom is 0.326 e. The van der Waals surface area contributed by atoms with E-state index in [1.807, 2.05) is 0 Å². The summed E-state index contributed by atoms with van der Waals surface area (Å²) in [5.74, 6) is -2.35. The molecule has 0 radical (unpaired) electrons. The summed E-state index contributed by atoms with van der Waals surface area (Å²) in [5, 5.41) is 20.2. The molecule has 1 heterocycles. The molecule has 1 aromatic rings. The van der Waals surface area contributed by atoms with Gasteiger partial charge in [-0.25, -0.2) is 4.79 Å². The molecule has 10 heteroatoms. The number of hydrogen-bond donors (Lipinski definition) is 2. The number of carboxylic acids is 1. The molecule has 3 N–H and O–H groups in total. The highest BCUT2D eigenvalue weighted by molar-refractivity contribution is 8.00. The molecule has 1 aliphatic rings. The number of nitrogens with zero attached hydrogens (tertiary/aromatic N) is 2. The Morgan fingerprint density at radius 3 is 2.71 bits per heavy atom.